The van der Waals surface area contributed by atoms with E-state index in [0.717, 1.165) is 41.8 Å². The summed E-state index contributed by atoms with van der Waals surface area (Å²) in [6.07, 6.45) is 4.09. The number of ether oxygens (including phenoxy) is 3. The number of hydrogen-bond donors (Lipinski definition) is 1. The molecule has 10 heteroatoms. The lowest BCUT2D eigenvalue weighted by Gasteiger charge is -2.14. The van der Waals surface area contributed by atoms with Gasteiger partial charge in [0, 0.05) is 16.6 Å². The van der Waals surface area contributed by atoms with Crippen molar-refractivity contribution in [3.8, 4) is 22.9 Å². The van der Waals surface area contributed by atoms with E-state index < -0.39 is 0 Å². The monoisotopic (exact) mass is 551 g/mol. The number of carbonyl (C=O) groups is 1. The number of aryl methyl sites for hydroxylation is 2. The maximum absolute atomic E-state index is 13.9. The number of rotatable bonds is 9. The fourth-order valence-electron chi connectivity index (χ4n) is 4.61. The number of hydrogen-bond acceptors (Lipinski definition) is 8. The van der Waals surface area contributed by atoms with Crippen LogP contribution >= 0.6 is 23.1 Å². The van der Waals surface area contributed by atoms with Gasteiger partial charge in [0.2, 0.25) is 5.91 Å². The van der Waals surface area contributed by atoms with Gasteiger partial charge in [-0.1, -0.05) is 11.8 Å². The third-order valence-electron chi connectivity index (χ3n) is 6.36. The van der Waals surface area contributed by atoms with Crippen LogP contribution in [0.1, 0.15) is 30.2 Å². The summed E-state index contributed by atoms with van der Waals surface area (Å²) in [5.74, 6) is 1.69. The highest BCUT2D eigenvalue weighted by atomic mass is 32.2. The smallest absolute Gasteiger partial charge is 0.267 e. The van der Waals surface area contributed by atoms with Crippen molar-refractivity contribution in [1.82, 2.24) is 9.55 Å². The van der Waals surface area contributed by atoms with Crippen molar-refractivity contribution in [2.75, 3.05) is 31.9 Å². The molecule has 1 amide bonds. The first-order chi connectivity index (χ1) is 18.5. The molecule has 2 aromatic carbocycles. The molecule has 5 rings (SSSR count). The summed E-state index contributed by atoms with van der Waals surface area (Å²) in [6.45, 7) is 2.49. The van der Waals surface area contributed by atoms with E-state index in [0.29, 0.717) is 40.0 Å². The summed E-state index contributed by atoms with van der Waals surface area (Å²) in [4.78, 5) is 33.7. The van der Waals surface area contributed by atoms with Crippen LogP contribution in [0.3, 0.4) is 0 Å². The van der Waals surface area contributed by atoms with Crippen molar-refractivity contribution in [1.29, 1.82) is 0 Å². The van der Waals surface area contributed by atoms with Crippen molar-refractivity contribution in [3.63, 3.8) is 0 Å². The van der Waals surface area contributed by atoms with E-state index in [1.165, 1.54) is 16.6 Å². The predicted octanol–water partition coefficient (Wildman–Crippen LogP) is 5.47. The lowest BCUT2D eigenvalue weighted by molar-refractivity contribution is -0.113. The average Bonchev–Trinajstić information content (AvgIpc) is 3.31. The topological polar surface area (TPSA) is 91.7 Å². The van der Waals surface area contributed by atoms with Crippen LogP contribution in [0.15, 0.2) is 52.4 Å². The molecule has 8 nitrogen and oxygen atoms in total. The highest BCUT2D eigenvalue weighted by molar-refractivity contribution is 7.99. The molecule has 4 aromatic rings. The quantitative estimate of drug-likeness (QED) is 0.218. The van der Waals surface area contributed by atoms with Gasteiger partial charge in [-0.3, -0.25) is 14.2 Å². The molecule has 2 aromatic heterocycles. The maximum atomic E-state index is 13.9. The largest absolute Gasteiger partial charge is 0.494 e. The second-order valence-electron chi connectivity index (χ2n) is 8.76. The number of aromatic nitrogens is 2. The number of thioether (sulfide) groups is 1. The SMILES string of the molecule is CCOc1ccc(-n2c(SCC(=O)Nc3ccc(OC)c(OC)c3)nc3sc4c(c3c2=O)CCCC4)cc1. The number of thiophene rings is 1. The molecule has 0 saturated heterocycles. The van der Waals surface area contributed by atoms with E-state index >= 15 is 0 Å². The number of methoxy groups -OCH3 is 2. The van der Waals surface area contributed by atoms with Crippen LogP contribution in [0.5, 0.6) is 17.2 Å². The molecule has 0 atom stereocenters. The molecule has 0 bridgehead atoms. The van der Waals surface area contributed by atoms with Gasteiger partial charge in [-0.25, -0.2) is 4.98 Å². The Balaban J connectivity index is 1.47. The summed E-state index contributed by atoms with van der Waals surface area (Å²) in [5.41, 5.74) is 2.32. The van der Waals surface area contributed by atoms with Crippen molar-refractivity contribution in [2.24, 2.45) is 0 Å². The average molecular weight is 552 g/mol. The van der Waals surface area contributed by atoms with Crippen LogP contribution in [0.25, 0.3) is 15.9 Å². The number of fused-ring (bicyclic) bond motifs is 3. The van der Waals surface area contributed by atoms with Crippen LogP contribution < -0.4 is 25.1 Å². The summed E-state index contributed by atoms with van der Waals surface area (Å²) < 4.78 is 17.8. The molecule has 0 aliphatic heterocycles. The zero-order valence-corrected chi connectivity index (χ0v) is 23.2. The molecule has 1 aliphatic carbocycles. The Morgan fingerprint density at radius 2 is 1.84 bits per heavy atom. The van der Waals surface area contributed by atoms with Gasteiger partial charge >= 0.3 is 0 Å². The van der Waals surface area contributed by atoms with Gasteiger partial charge < -0.3 is 19.5 Å². The highest BCUT2D eigenvalue weighted by Crippen LogP contribution is 2.35. The number of benzene rings is 2. The minimum Gasteiger partial charge on any atom is -0.494 e. The van der Waals surface area contributed by atoms with Crippen LogP contribution in [0.2, 0.25) is 0 Å². The fourth-order valence-corrected chi connectivity index (χ4v) is 6.73. The Morgan fingerprint density at radius 1 is 1.08 bits per heavy atom. The van der Waals surface area contributed by atoms with Crippen molar-refractivity contribution in [2.45, 2.75) is 37.8 Å². The summed E-state index contributed by atoms with van der Waals surface area (Å²) in [6, 6.07) is 12.6. The van der Waals surface area contributed by atoms with E-state index in [9.17, 15) is 9.59 Å². The Labute approximate surface area is 228 Å². The van der Waals surface area contributed by atoms with E-state index in [2.05, 4.69) is 5.32 Å². The Bertz CT molecular complexity index is 1530. The molecule has 1 aliphatic rings. The molecule has 2 heterocycles. The van der Waals surface area contributed by atoms with E-state index in [-0.39, 0.29) is 17.2 Å². The molecule has 1 N–H and O–H groups in total. The molecule has 38 heavy (non-hydrogen) atoms. The van der Waals surface area contributed by atoms with Gasteiger partial charge in [-0.05, 0) is 74.6 Å². The number of nitrogens with zero attached hydrogens (tertiary/aromatic N) is 2. The van der Waals surface area contributed by atoms with Crippen molar-refractivity contribution in [3.05, 3.63) is 63.3 Å². The van der Waals surface area contributed by atoms with Crippen LogP contribution in [-0.2, 0) is 17.6 Å². The first-order valence-corrected chi connectivity index (χ1v) is 14.3. The normalized spacial score (nSPS) is 12.7. The summed E-state index contributed by atoms with van der Waals surface area (Å²) >= 11 is 2.84. The van der Waals surface area contributed by atoms with E-state index in [1.54, 1.807) is 48.3 Å². The van der Waals surface area contributed by atoms with Crippen LogP contribution in [-0.4, -0.2) is 42.0 Å². The van der Waals surface area contributed by atoms with E-state index in [1.807, 2.05) is 31.2 Å². The van der Waals surface area contributed by atoms with Gasteiger partial charge in [0.1, 0.15) is 10.6 Å². The second-order valence-corrected chi connectivity index (χ2v) is 10.8. The first kappa shape index (κ1) is 26.1. The molecular formula is C28H29N3O5S2. The number of anilines is 1. The molecule has 0 saturated carbocycles. The maximum Gasteiger partial charge on any atom is 0.267 e. The lowest BCUT2D eigenvalue weighted by atomic mass is 9.97. The molecule has 0 spiro atoms. The third-order valence-corrected chi connectivity index (χ3v) is 8.49. The second kappa shape index (κ2) is 11.5. The molecule has 0 radical (unpaired) electrons. The van der Waals surface area contributed by atoms with Crippen LogP contribution in [0.4, 0.5) is 5.69 Å². The van der Waals surface area contributed by atoms with Gasteiger partial charge in [-0.15, -0.1) is 11.3 Å². The van der Waals surface area contributed by atoms with Gasteiger partial charge in [0.25, 0.3) is 5.56 Å². The van der Waals surface area contributed by atoms with Gasteiger partial charge in [0.15, 0.2) is 16.7 Å². The van der Waals surface area contributed by atoms with Gasteiger partial charge in [0.05, 0.1) is 37.7 Å². The minimum absolute atomic E-state index is 0.0778. The Kier molecular flexibility index (Phi) is 7.90. The van der Waals surface area contributed by atoms with E-state index in [4.69, 9.17) is 19.2 Å². The summed E-state index contributed by atoms with van der Waals surface area (Å²) in [5, 5.41) is 4.07. The standard InChI is InChI=1S/C28H29N3O5S2/c1-4-36-19-12-10-18(11-13-19)31-27(33)25-20-7-5-6-8-23(20)38-26(25)30-28(31)37-16-24(32)29-17-9-14-21(34-2)22(15-17)35-3/h9-15H,4-8,16H2,1-3H3,(H,29,32). The fraction of sp³-hybridized carbons (Fsp3) is 0.321. The Morgan fingerprint density at radius 3 is 2.58 bits per heavy atom. The first-order valence-electron chi connectivity index (χ1n) is 12.5. The summed E-state index contributed by atoms with van der Waals surface area (Å²) in [7, 11) is 3.11. The molecule has 0 fully saturated rings. The van der Waals surface area contributed by atoms with Crippen molar-refractivity contribution >= 4 is 44.9 Å². The number of amides is 1. The highest BCUT2D eigenvalue weighted by Gasteiger charge is 2.23. The zero-order chi connectivity index (χ0) is 26.6. The molecular weight excluding hydrogens is 522 g/mol. The Hall–Kier alpha value is -3.50. The van der Waals surface area contributed by atoms with Gasteiger partial charge in [-0.2, -0.15) is 0 Å². The zero-order valence-electron chi connectivity index (χ0n) is 21.5. The third kappa shape index (κ3) is 5.23. The van der Waals surface area contributed by atoms with Crippen molar-refractivity contribution < 1.29 is 19.0 Å². The number of carbonyl (C=O) groups excluding carboxylic acids is 1. The lowest BCUT2D eigenvalue weighted by Crippen LogP contribution is -2.23. The predicted molar refractivity (Wildman–Crippen MR) is 152 cm³/mol. The molecule has 198 valence electrons. The molecule has 0 unspecified atom stereocenters. The number of nitrogens with one attached hydrogen (secondary N) is 1. The minimum atomic E-state index is -0.222. The van der Waals surface area contributed by atoms with Crippen LogP contribution in [0, 0.1) is 0 Å².